The van der Waals surface area contributed by atoms with Crippen LogP contribution < -0.4 is 9.47 Å². The van der Waals surface area contributed by atoms with E-state index in [2.05, 4.69) is 15.9 Å². The van der Waals surface area contributed by atoms with Gasteiger partial charge in [-0.1, -0.05) is 39.7 Å². The van der Waals surface area contributed by atoms with E-state index in [1.807, 2.05) is 24.3 Å². The number of methoxy groups -OCH3 is 1. The third kappa shape index (κ3) is 3.66. The number of aliphatic hydroxyl groups excluding tert-OH is 1. The summed E-state index contributed by atoms with van der Waals surface area (Å²) in [6.45, 7) is 0.288. The Hall–Kier alpha value is -1.23. The van der Waals surface area contributed by atoms with Crippen molar-refractivity contribution in [2.75, 3.05) is 7.11 Å². The van der Waals surface area contributed by atoms with Crippen LogP contribution in [-0.4, -0.2) is 12.2 Å². The van der Waals surface area contributed by atoms with Crippen LogP contribution in [0.4, 0.5) is 0 Å². The molecule has 0 aliphatic rings. The van der Waals surface area contributed by atoms with Crippen LogP contribution in [0.25, 0.3) is 0 Å². The van der Waals surface area contributed by atoms with Gasteiger partial charge in [0.25, 0.3) is 0 Å². The molecule has 0 unspecified atom stereocenters. The van der Waals surface area contributed by atoms with Crippen LogP contribution >= 0.6 is 27.5 Å². The van der Waals surface area contributed by atoms with Crippen molar-refractivity contribution < 1.29 is 14.6 Å². The predicted molar refractivity (Wildman–Crippen MR) is 82.4 cm³/mol. The zero-order valence-electron chi connectivity index (χ0n) is 10.9. The standard InChI is InChI=1S/C15H14BrClO3/c1-19-14-7-11(8-18)6-13(17)15(14)20-9-10-3-2-4-12(16)5-10/h2-7,18H,8-9H2,1H3. The van der Waals surface area contributed by atoms with Crippen molar-refractivity contribution >= 4 is 27.5 Å². The molecule has 2 rings (SSSR count). The average Bonchev–Trinajstić information content (AvgIpc) is 2.45. The van der Waals surface area contributed by atoms with E-state index in [0.717, 1.165) is 10.0 Å². The van der Waals surface area contributed by atoms with Gasteiger partial charge in [0.15, 0.2) is 11.5 Å². The fourth-order valence-electron chi connectivity index (χ4n) is 1.79. The highest BCUT2D eigenvalue weighted by Crippen LogP contribution is 2.37. The van der Waals surface area contributed by atoms with Crippen LogP contribution in [0.3, 0.4) is 0 Å². The van der Waals surface area contributed by atoms with Crippen LogP contribution in [0.5, 0.6) is 11.5 Å². The molecule has 0 heterocycles. The third-order valence-electron chi connectivity index (χ3n) is 2.74. The summed E-state index contributed by atoms with van der Waals surface area (Å²) in [5, 5.41) is 9.57. The quantitative estimate of drug-likeness (QED) is 0.872. The predicted octanol–water partition coefficient (Wildman–Crippen LogP) is 4.18. The molecule has 0 fully saturated rings. The van der Waals surface area contributed by atoms with Gasteiger partial charge in [0.1, 0.15) is 6.61 Å². The van der Waals surface area contributed by atoms with Gasteiger partial charge in [0.2, 0.25) is 0 Å². The second-order valence-corrected chi connectivity index (χ2v) is 5.51. The summed E-state index contributed by atoms with van der Waals surface area (Å²) in [5.41, 5.74) is 1.70. The zero-order chi connectivity index (χ0) is 14.5. The van der Waals surface area contributed by atoms with Gasteiger partial charge in [0, 0.05) is 4.47 Å². The molecule has 0 radical (unpaired) electrons. The van der Waals surface area contributed by atoms with Crippen molar-refractivity contribution in [3.05, 3.63) is 57.0 Å². The Morgan fingerprint density at radius 2 is 2.00 bits per heavy atom. The lowest BCUT2D eigenvalue weighted by Crippen LogP contribution is -1.99. The molecule has 2 aromatic rings. The smallest absolute Gasteiger partial charge is 0.180 e. The van der Waals surface area contributed by atoms with Gasteiger partial charge in [-0.3, -0.25) is 0 Å². The first-order valence-electron chi connectivity index (χ1n) is 5.98. The summed E-state index contributed by atoms with van der Waals surface area (Å²) in [4.78, 5) is 0. The van der Waals surface area contributed by atoms with Crippen molar-refractivity contribution in [2.24, 2.45) is 0 Å². The van der Waals surface area contributed by atoms with Crippen molar-refractivity contribution in [3.8, 4) is 11.5 Å². The average molecular weight is 358 g/mol. The molecule has 5 heteroatoms. The number of benzene rings is 2. The van der Waals surface area contributed by atoms with E-state index in [9.17, 15) is 0 Å². The molecule has 20 heavy (non-hydrogen) atoms. The van der Waals surface area contributed by atoms with E-state index in [1.165, 1.54) is 0 Å². The third-order valence-corrected chi connectivity index (χ3v) is 3.52. The molecule has 0 spiro atoms. The molecule has 0 aliphatic carbocycles. The fraction of sp³-hybridized carbons (Fsp3) is 0.200. The van der Waals surface area contributed by atoms with E-state index < -0.39 is 0 Å². The van der Waals surface area contributed by atoms with E-state index in [4.69, 9.17) is 26.2 Å². The maximum absolute atomic E-state index is 9.15. The second kappa shape index (κ2) is 6.97. The summed E-state index contributed by atoms with van der Waals surface area (Å²) in [6.07, 6.45) is 0. The molecule has 0 bridgehead atoms. The summed E-state index contributed by atoms with van der Waals surface area (Å²) < 4.78 is 12.0. The van der Waals surface area contributed by atoms with Gasteiger partial charge in [-0.05, 0) is 35.4 Å². The molecule has 0 saturated carbocycles. The fourth-order valence-corrected chi connectivity index (χ4v) is 2.52. The van der Waals surface area contributed by atoms with Gasteiger partial charge in [-0.2, -0.15) is 0 Å². The molecule has 106 valence electrons. The zero-order valence-corrected chi connectivity index (χ0v) is 13.2. The Labute approximate surface area is 131 Å². The summed E-state index contributed by atoms with van der Waals surface area (Å²) in [7, 11) is 1.54. The van der Waals surface area contributed by atoms with E-state index in [-0.39, 0.29) is 6.61 Å². The molecule has 0 atom stereocenters. The minimum absolute atomic E-state index is 0.0952. The molecule has 1 N–H and O–H groups in total. The first-order chi connectivity index (χ1) is 9.63. The molecule has 0 aliphatic heterocycles. The first kappa shape index (κ1) is 15.2. The molecular formula is C15H14BrClO3. The Morgan fingerprint density at radius 3 is 2.65 bits per heavy atom. The summed E-state index contributed by atoms with van der Waals surface area (Å²) >= 11 is 9.58. The van der Waals surface area contributed by atoms with Crippen molar-refractivity contribution in [1.82, 2.24) is 0 Å². The van der Waals surface area contributed by atoms with Crippen molar-refractivity contribution in [2.45, 2.75) is 13.2 Å². The van der Waals surface area contributed by atoms with Gasteiger partial charge in [-0.25, -0.2) is 0 Å². The summed E-state index contributed by atoms with van der Waals surface area (Å²) in [5.74, 6) is 0.989. The number of hydrogen-bond acceptors (Lipinski definition) is 3. The number of rotatable bonds is 5. The lowest BCUT2D eigenvalue weighted by atomic mass is 10.2. The van der Waals surface area contributed by atoms with Gasteiger partial charge in [-0.15, -0.1) is 0 Å². The lowest BCUT2D eigenvalue weighted by molar-refractivity contribution is 0.274. The minimum atomic E-state index is -0.0952. The highest BCUT2D eigenvalue weighted by molar-refractivity contribution is 9.10. The molecular weight excluding hydrogens is 344 g/mol. The largest absolute Gasteiger partial charge is 0.493 e. The molecule has 3 nitrogen and oxygen atoms in total. The maximum Gasteiger partial charge on any atom is 0.180 e. The minimum Gasteiger partial charge on any atom is -0.493 e. The highest BCUT2D eigenvalue weighted by atomic mass is 79.9. The normalized spacial score (nSPS) is 10.4. The van der Waals surface area contributed by atoms with E-state index in [1.54, 1.807) is 19.2 Å². The molecule has 0 aromatic heterocycles. The Kier molecular flexibility index (Phi) is 5.29. The number of ether oxygens (including phenoxy) is 2. The Balaban J connectivity index is 2.20. The van der Waals surface area contributed by atoms with Gasteiger partial charge >= 0.3 is 0 Å². The molecule has 0 amide bonds. The Bertz CT molecular complexity index is 602. The van der Waals surface area contributed by atoms with Crippen molar-refractivity contribution in [1.29, 1.82) is 0 Å². The van der Waals surface area contributed by atoms with Crippen molar-refractivity contribution in [3.63, 3.8) is 0 Å². The topological polar surface area (TPSA) is 38.7 Å². The Morgan fingerprint density at radius 1 is 1.20 bits per heavy atom. The lowest BCUT2D eigenvalue weighted by Gasteiger charge is -2.13. The highest BCUT2D eigenvalue weighted by Gasteiger charge is 2.12. The monoisotopic (exact) mass is 356 g/mol. The molecule has 2 aromatic carbocycles. The SMILES string of the molecule is COc1cc(CO)cc(Cl)c1OCc1cccc(Br)c1. The van der Waals surface area contributed by atoms with Gasteiger partial charge < -0.3 is 14.6 Å². The van der Waals surface area contributed by atoms with Gasteiger partial charge in [0.05, 0.1) is 18.7 Å². The van der Waals surface area contributed by atoms with E-state index in [0.29, 0.717) is 28.7 Å². The van der Waals surface area contributed by atoms with Crippen LogP contribution in [0.1, 0.15) is 11.1 Å². The number of hydrogen-bond donors (Lipinski definition) is 1. The van der Waals surface area contributed by atoms with Crippen LogP contribution in [0, 0.1) is 0 Å². The summed E-state index contributed by atoms with van der Waals surface area (Å²) in [6, 6.07) is 11.2. The maximum atomic E-state index is 9.15. The van der Waals surface area contributed by atoms with E-state index >= 15 is 0 Å². The second-order valence-electron chi connectivity index (χ2n) is 4.19. The number of aliphatic hydroxyl groups is 1. The molecule has 0 saturated heterocycles. The first-order valence-corrected chi connectivity index (χ1v) is 7.15. The van der Waals surface area contributed by atoms with Crippen LogP contribution in [0.15, 0.2) is 40.9 Å². The van der Waals surface area contributed by atoms with Crippen LogP contribution in [-0.2, 0) is 13.2 Å². The van der Waals surface area contributed by atoms with Crippen LogP contribution in [0.2, 0.25) is 5.02 Å². The number of halogens is 2.